The zero-order chi connectivity index (χ0) is 22.0. The molecular weight excluding hydrogens is 432 g/mol. The molecule has 32 heavy (non-hydrogen) atoms. The molecule has 0 amide bonds. The number of methoxy groups -OCH3 is 3. The number of rotatable bonds is 7. The maximum absolute atomic E-state index is 10.2. The molecule has 1 fully saturated rings. The highest BCUT2D eigenvalue weighted by Gasteiger charge is 2.34. The molecule has 9 heteroatoms. The van der Waals surface area contributed by atoms with Gasteiger partial charge in [-0.15, -0.1) is 12.4 Å². The maximum atomic E-state index is 10.2. The summed E-state index contributed by atoms with van der Waals surface area (Å²) < 4.78 is 17.9. The number of ether oxygens (including phenoxy) is 3. The largest absolute Gasteiger partial charge is 0.497 e. The van der Waals surface area contributed by atoms with E-state index in [1.807, 2.05) is 47.1 Å². The van der Waals surface area contributed by atoms with Gasteiger partial charge in [-0.25, -0.2) is 9.67 Å². The van der Waals surface area contributed by atoms with Gasteiger partial charge in [-0.05, 0) is 54.8 Å². The SMILES string of the molecule is COc1ccc(-n2nc(Cc3ccc(OC)c(OC)c3)nc2[C@H]2C[C@@H](N)[C@H](O)C2)cc1.Cl. The Morgan fingerprint density at radius 1 is 1.00 bits per heavy atom. The van der Waals surface area contributed by atoms with Gasteiger partial charge in [-0.2, -0.15) is 5.10 Å². The molecule has 4 rings (SSSR count). The summed E-state index contributed by atoms with van der Waals surface area (Å²) >= 11 is 0. The molecule has 172 valence electrons. The fourth-order valence-corrected chi connectivity index (χ4v) is 4.05. The van der Waals surface area contributed by atoms with Gasteiger partial charge in [0.2, 0.25) is 0 Å². The van der Waals surface area contributed by atoms with Gasteiger partial charge in [0.25, 0.3) is 0 Å². The molecule has 3 aromatic rings. The Morgan fingerprint density at radius 3 is 2.31 bits per heavy atom. The molecule has 1 aromatic heterocycles. The standard InChI is InChI=1S/C23H28N4O4.ClH/c1-29-17-7-5-16(6-8-17)27-23(15-12-18(24)19(28)13-15)25-22(26-27)11-14-4-9-20(30-2)21(10-14)31-3;/h4-10,15,18-19,28H,11-13,24H2,1-3H3;1H/t15-,18+,19+;/m0./s1. The second kappa shape index (κ2) is 10.2. The van der Waals surface area contributed by atoms with Crippen LogP contribution in [0.4, 0.5) is 0 Å². The lowest BCUT2D eigenvalue weighted by molar-refractivity contribution is 0.163. The first kappa shape index (κ1) is 23.8. The van der Waals surface area contributed by atoms with Crippen LogP contribution in [0.1, 0.15) is 36.0 Å². The van der Waals surface area contributed by atoms with Crippen LogP contribution in [0.5, 0.6) is 17.2 Å². The first-order chi connectivity index (χ1) is 15.0. The van der Waals surface area contributed by atoms with Gasteiger partial charge in [0, 0.05) is 18.4 Å². The van der Waals surface area contributed by atoms with Gasteiger partial charge in [0.05, 0.1) is 33.1 Å². The van der Waals surface area contributed by atoms with E-state index in [0.29, 0.717) is 36.6 Å². The van der Waals surface area contributed by atoms with Crippen molar-refractivity contribution in [1.82, 2.24) is 14.8 Å². The summed E-state index contributed by atoms with van der Waals surface area (Å²) in [5, 5.41) is 15.0. The van der Waals surface area contributed by atoms with Gasteiger partial charge in [0.1, 0.15) is 11.6 Å². The van der Waals surface area contributed by atoms with Crippen molar-refractivity contribution in [1.29, 1.82) is 0 Å². The monoisotopic (exact) mass is 460 g/mol. The summed E-state index contributed by atoms with van der Waals surface area (Å²) in [5.74, 6) is 3.66. The predicted octanol–water partition coefficient (Wildman–Crippen LogP) is 2.87. The van der Waals surface area contributed by atoms with Gasteiger partial charge in [-0.1, -0.05) is 6.07 Å². The van der Waals surface area contributed by atoms with Crippen molar-refractivity contribution < 1.29 is 19.3 Å². The second-order valence-corrected chi connectivity index (χ2v) is 7.76. The average molecular weight is 461 g/mol. The minimum atomic E-state index is -0.527. The molecule has 1 saturated carbocycles. The van der Waals surface area contributed by atoms with E-state index in [0.717, 1.165) is 22.8 Å². The lowest BCUT2D eigenvalue weighted by Crippen LogP contribution is -2.28. The highest BCUT2D eigenvalue weighted by atomic mass is 35.5. The Hall–Kier alpha value is -2.81. The van der Waals surface area contributed by atoms with Crippen molar-refractivity contribution in [3.8, 4) is 22.9 Å². The van der Waals surface area contributed by atoms with Crippen LogP contribution in [0, 0.1) is 0 Å². The minimum absolute atomic E-state index is 0. The lowest BCUT2D eigenvalue weighted by Gasteiger charge is -2.11. The minimum Gasteiger partial charge on any atom is -0.497 e. The van der Waals surface area contributed by atoms with E-state index in [9.17, 15) is 5.11 Å². The number of nitrogens with two attached hydrogens (primary N) is 1. The van der Waals surface area contributed by atoms with E-state index in [1.165, 1.54) is 0 Å². The molecule has 3 atom stereocenters. The number of benzene rings is 2. The van der Waals surface area contributed by atoms with Crippen molar-refractivity contribution in [3.05, 3.63) is 59.7 Å². The summed E-state index contributed by atoms with van der Waals surface area (Å²) in [6, 6.07) is 13.2. The predicted molar refractivity (Wildman–Crippen MR) is 123 cm³/mol. The molecule has 0 unspecified atom stereocenters. The highest BCUT2D eigenvalue weighted by molar-refractivity contribution is 5.85. The van der Waals surface area contributed by atoms with E-state index >= 15 is 0 Å². The van der Waals surface area contributed by atoms with E-state index in [4.69, 9.17) is 30.0 Å². The quantitative estimate of drug-likeness (QED) is 0.558. The third-order valence-electron chi connectivity index (χ3n) is 5.75. The molecule has 0 saturated heterocycles. The topological polar surface area (TPSA) is 105 Å². The molecule has 0 bridgehead atoms. The van der Waals surface area contributed by atoms with Crippen LogP contribution in [0.15, 0.2) is 42.5 Å². The van der Waals surface area contributed by atoms with Gasteiger partial charge < -0.3 is 25.1 Å². The van der Waals surface area contributed by atoms with E-state index in [1.54, 1.807) is 21.3 Å². The molecule has 0 radical (unpaired) electrons. The number of halogens is 1. The smallest absolute Gasteiger partial charge is 0.161 e. The summed E-state index contributed by atoms with van der Waals surface area (Å²) in [6.45, 7) is 0. The van der Waals surface area contributed by atoms with Crippen molar-refractivity contribution in [2.75, 3.05) is 21.3 Å². The number of hydrogen-bond donors (Lipinski definition) is 2. The van der Waals surface area contributed by atoms with Gasteiger partial charge in [0.15, 0.2) is 17.3 Å². The molecule has 1 heterocycles. The van der Waals surface area contributed by atoms with Crippen molar-refractivity contribution >= 4 is 12.4 Å². The number of aliphatic hydroxyl groups is 1. The lowest BCUT2D eigenvalue weighted by atomic mass is 10.1. The maximum Gasteiger partial charge on any atom is 0.161 e. The normalized spacial score (nSPS) is 20.0. The zero-order valence-electron chi connectivity index (χ0n) is 18.4. The second-order valence-electron chi connectivity index (χ2n) is 7.76. The number of aliphatic hydroxyl groups excluding tert-OH is 1. The third kappa shape index (κ3) is 4.82. The average Bonchev–Trinajstić information content (AvgIpc) is 3.36. The van der Waals surface area contributed by atoms with Gasteiger partial charge in [-0.3, -0.25) is 0 Å². The molecule has 3 N–H and O–H groups in total. The fraction of sp³-hybridized carbons (Fsp3) is 0.391. The third-order valence-corrected chi connectivity index (χ3v) is 5.75. The van der Waals surface area contributed by atoms with Crippen LogP contribution in [-0.2, 0) is 6.42 Å². The summed E-state index contributed by atoms with van der Waals surface area (Å²) in [7, 11) is 4.87. The van der Waals surface area contributed by atoms with Crippen LogP contribution in [0.2, 0.25) is 0 Å². The Balaban J connectivity index is 0.00000289. The number of aromatic nitrogens is 3. The molecule has 1 aliphatic carbocycles. The Bertz CT molecular complexity index is 1030. The summed E-state index contributed by atoms with van der Waals surface area (Å²) in [5.41, 5.74) is 7.97. The molecule has 8 nitrogen and oxygen atoms in total. The van der Waals surface area contributed by atoms with Crippen LogP contribution < -0.4 is 19.9 Å². The molecule has 2 aromatic carbocycles. The van der Waals surface area contributed by atoms with Crippen LogP contribution in [0.25, 0.3) is 5.69 Å². The molecule has 1 aliphatic rings. The van der Waals surface area contributed by atoms with Crippen molar-refractivity contribution in [2.24, 2.45) is 5.73 Å². The molecular formula is C23H29ClN4O4. The van der Waals surface area contributed by atoms with Crippen LogP contribution in [0.3, 0.4) is 0 Å². The zero-order valence-corrected chi connectivity index (χ0v) is 19.2. The van der Waals surface area contributed by atoms with Crippen LogP contribution in [-0.4, -0.2) is 53.3 Å². The van der Waals surface area contributed by atoms with Crippen LogP contribution >= 0.6 is 12.4 Å². The van der Waals surface area contributed by atoms with Crippen molar-refractivity contribution in [3.63, 3.8) is 0 Å². The molecule has 0 aliphatic heterocycles. The number of nitrogens with zero attached hydrogens (tertiary/aromatic N) is 3. The fourth-order valence-electron chi connectivity index (χ4n) is 4.05. The summed E-state index contributed by atoms with van der Waals surface area (Å²) in [6.07, 6.45) is 1.26. The molecule has 0 spiro atoms. The number of hydrogen-bond acceptors (Lipinski definition) is 7. The van der Waals surface area contributed by atoms with Gasteiger partial charge >= 0.3 is 0 Å². The Labute approximate surface area is 193 Å². The Kier molecular flexibility index (Phi) is 7.60. The van der Waals surface area contributed by atoms with Crippen molar-refractivity contribution in [2.45, 2.75) is 37.3 Å². The van der Waals surface area contributed by atoms with E-state index in [-0.39, 0.29) is 24.4 Å². The first-order valence-electron chi connectivity index (χ1n) is 10.3. The van der Waals surface area contributed by atoms with E-state index in [2.05, 4.69) is 0 Å². The van der Waals surface area contributed by atoms with E-state index < -0.39 is 6.10 Å². The first-order valence-corrected chi connectivity index (χ1v) is 10.3. The highest BCUT2D eigenvalue weighted by Crippen LogP contribution is 2.35. The summed E-state index contributed by atoms with van der Waals surface area (Å²) in [4.78, 5) is 4.86. The Morgan fingerprint density at radius 2 is 1.72 bits per heavy atom.